The van der Waals surface area contributed by atoms with Gasteiger partial charge in [-0.1, -0.05) is 56.4 Å². The van der Waals surface area contributed by atoms with Crippen molar-refractivity contribution in [2.75, 3.05) is 13.2 Å². The third-order valence-electron chi connectivity index (χ3n) is 7.85. The number of ether oxygens (including phenoxy) is 1. The Morgan fingerprint density at radius 3 is 2.39 bits per heavy atom. The summed E-state index contributed by atoms with van der Waals surface area (Å²) in [4.78, 5) is 42.2. The van der Waals surface area contributed by atoms with Crippen LogP contribution < -0.4 is 10.7 Å². The minimum atomic E-state index is -0.481. The lowest BCUT2D eigenvalue weighted by atomic mass is 9.96. The number of fused-ring (bicyclic) bond motifs is 1. The van der Waals surface area contributed by atoms with Gasteiger partial charge in [0.15, 0.2) is 0 Å². The number of benzene rings is 1. The lowest BCUT2D eigenvalue weighted by molar-refractivity contribution is 0.0730. The normalized spacial score (nSPS) is 20.9. The maximum absolute atomic E-state index is 13.6. The number of amides is 2. The number of pyridine rings is 1. The van der Waals surface area contributed by atoms with Gasteiger partial charge in [-0.2, -0.15) is 0 Å². The molecule has 1 N–H and O–H groups in total. The van der Waals surface area contributed by atoms with Crippen LogP contribution in [0.3, 0.4) is 0 Å². The van der Waals surface area contributed by atoms with Gasteiger partial charge in [-0.15, -0.1) is 0 Å². The highest BCUT2D eigenvalue weighted by atomic mass is 16.5. The molecule has 2 fully saturated rings. The fourth-order valence-electron chi connectivity index (χ4n) is 5.78. The van der Waals surface area contributed by atoms with Crippen LogP contribution >= 0.6 is 0 Å². The Balaban J connectivity index is 1.42. The maximum Gasteiger partial charge on any atom is 0.259 e. The van der Waals surface area contributed by atoms with Crippen molar-refractivity contribution in [2.24, 2.45) is 0 Å². The molecular weight excluding hydrogens is 454 g/mol. The van der Waals surface area contributed by atoms with Crippen LogP contribution in [0.4, 0.5) is 0 Å². The monoisotopic (exact) mass is 491 g/mol. The molecule has 1 unspecified atom stereocenters. The molecule has 7 heteroatoms. The fourth-order valence-corrected chi connectivity index (χ4v) is 5.78. The van der Waals surface area contributed by atoms with E-state index in [0.29, 0.717) is 19.6 Å². The van der Waals surface area contributed by atoms with Gasteiger partial charge in [0.1, 0.15) is 11.1 Å². The van der Waals surface area contributed by atoms with Crippen molar-refractivity contribution in [3.8, 4) is 0 Å². The Bertz CT molecular complexity index is 1140. The molecule has 0 spiro atoms. The molecule has 2 aromatic rings. The molecule has 36 heavy (non-hydrogen) atoms. The molecule has 5 rings (SSSR count). The number of nitrogens with one attached hydrogen (secondary N) is 1. The van der Waals surface area contributed by atoms with Gasteiger partial charge in [0.05, 0.1) is 6.10 Å². The zero-order chi connectivity index (χ0) is 24.9. The number of hydrogen-bond donors (Lipinski definition) is 1. The highest BCUT2D eigenvalue weighted by Gasteiger charge is 2.28. The second kappa shape index (κ2) is 11.4. The topological polar surface area (TPSA) is 80.6 Å². The first-order valence-electron chi connectivity index (χ1n) is 13.6. The first kappa shape index (κ1) is 24.8. The summed E-state index contributed by atoms with van der Waals surface area (Å²) in [6, 6.07) is 8.18. The summed E-state index contributed by atoms with van der Waals surface area (Å²) in [5, 5.41) is 3.11. The molecule has 1 saturated heterocycles. The number of nitrogens with zero attached hydrogens (tertiary/aromatic N) is 2. The molecule has 3 heterocycles. The van der Waals surface area contributed by atoms with Crippen LogP contribution in [0.1, 0.15) is 89.6 Å². The van der Waals surface area contributed by atoms with Crippen LogP contribution in [-0.4, -0.2) is 46.6 Å². The Morgan fingerprint density at radius 1 is 0.917 bits per heavy atom. The number of carbonyl (C=O) groups excluding carboxylic acids is 2. The summed E-state index contributed by atoms with van der Waals surface area (Å²) in [7, 11) is 0. The summed E-state index contributed by atoms with van der Waals surface area (Å²) in [6.45, 7) is 2.27. The van der Waals surface area contributed by atoms with Gasteiger partial charge in [0, 0.05) is 44.7 Å². The van der Waals surface area contributed by atoms with Crippen LogP contribution in [0.5, 0.6) is 0 Å². The Kier molecular flexibility index (Phi) is 7.85. The summed E-state index contributed by atoms with van der Waals surface area (Å²) in [6.07, 6.45) is 13.6. The lowest BCUT2D eigenvalue weighted by Gasteiger charge is -2.29. The predicted octanol–water partition coefficient (Wildman–Crippen LogP) is 4.07. The number of hydrogen-bond acceptors (Lipinski definition) is 4. The lowest BCUT2D eigenvalue weighted by Crippen LogP contribution is -2.42. The van der Waals surface area contributed by atoms with Crippen molar-refractivity contribution in [2.45, 2.75) is 89.4 Å². The number of aromatic nitrogens is 1. The minimum Gasteiger partial charge on any atom is -0.376 e. The average molecular weight is 492 g/mol. The molecule has 0 bridgehead atoms. The van der Waals surface area contributed by atoms with Gasteiger partial charge >= 0.3 is 0 Å². The van der Waals surface area contributed by atoms with E-state index in [9.17, 15) is 14.4 Å². The number of carbonyl (C=O) groups is 2. The van der Waals surface area contributed by atoms with Gasteiger partial charge in [0.2, 0.25) is 5.43 Å². The maximum atomic E-state index is 13.6. The Labute approximate surface area is 212 Å². The number of rotatable bonds is 5. The Hall–Kier alpha value is -2.93. The third kappa shape index (κ3) is 5.72. The van der Waals surface area contributed by atoms with E-state index in [-0.39, 0.29) is 35.1 Å². The van der Waals surface area contributed by atoms with Crippen molar-refractivity contribution >= 4 is 11.8 Å². The molecule has 7 nitrogen and oxygen atoms in total. The molecular formula is C29H37N3O4. The van der Waals surface area contributed by atoms with Crippen LogP contribution in [0, 0.1) is 0 Å². The second-order valence-electron chi connectivity index (χ2n) is 10.5. The third-order valence-corrected chi connectivity index (χ3v) is 7.85. The second-order valence-corrected chi connectivity index (χ2v) is 10.5. The molecule has 2 aliphatic heterocycles. The van der Waals surface area contributed by atoms with Crippen molar-refractivity contribution < 1.29 is 14.3 Å². The first-order chi connectivity index (χ1) is 17.6. The van der Waals surface area contributed by atoms with Gasteiger partial charge in [-0.3, -0.25) is 14.4 Å². The molecule has 0 radical (unpaired) electrons. The summed E-state index contributed by atoms with van der Waals surface area (Å²) in [5.41, 5.74) is 1.99. The van der Waals surface area contributed by atoms with Crippen molar-refractivity contribution in [3.05, 3.63) is 69.1 Å². The average Bonchev–Trinajstić information content (AvgIpc) is 3.38. The van der Waals surface area contributed by atoms with E-state index in [1.807, 2.05) is 22.8 Å². The molecule has 192 valence electrons. The summed E-state index contributed by atoms with van der Waals surface area (Å²) >= 11 is 0. The van der Waals surface area contributed by atoms with E-state index in [4.69, 9.17) is 4.74 Å². The quantitative estimate of drug-likeness (QED) is 0.684. The van der Waals surface area contributed by atoms with E-state index >= 15 is 0 Å². The summed E-state index contributed by atoms with van der Waals surface area (Å²) in [5.74, 6) is -0.679. The van der Waals surface area contributed by atoms with E-state index in [1.165, 1.54) is 24.8 Å². The zero-order valence-electron chi connectivity index (χ0n) is 21.0. The molecule has 1 atom stereocenters. The van der Waals surface area contributed by atoms with Crippen LogP contribution in [0.25, 0.3) is 0 Å². The molecule has 1 aromatic carbocycles. The van der Waals surface area contributed by atoms with Crippen molar-refractivity contribution in [3.63, 3.8) is 0 Å². The highest BCUT2D eigenvalue weighted by molar-refractivity contribution is 5.99. The van der Waals surface area contributed by atoms with Crippen molar-refractivity contribution in [1.82, 2.24) is 14.8 Å². The smallest absolute Gasteiger partial charge is 0.259 e. The van der Waals surface area contributed by atoms with Gasteiger partial charge < -0.3 is 19.5 Å². The molecule has 1 aliphatic carbocycles. The zero-order valence-corrected chi connectivity index (χ0v) is 21.0. The minimum absolute atomic E-state index is 0.0267. The summed E-state index contributed by atoms with van der Waals surface area (Å²) < 4.78 is 7.61. The molecule has 2 amide bonds. The SMILES string of the molecule is O=C(NC1CCCCCCC1)c1cn(CC2CCCO2)cc(C(=O)N2CCc3ccccc3C2)c1=O. The fraction of sp³-hybridized carbons (Fsp3) is 0.552. The van der Waals surface area contributed by atoms with E-state index in [0.717, 1.165) is 57.1 Å². The molecule has 1 aromatic heterocycles. The van der Waals surface area contributed by atoms with Gasteiger partial charge in [-0.05, 0) is 43.2 Å². The largest absolute Gasteiger partial charge is 0.376 e. The molecule has 1 saturated carbocycles. The van der Waals surface area contributed by atoms with Gasteiger partial charge in [-0.25, -0.2) is 0 Å². The van der Waals surface area contributed by atoms with Crippen molar-refractivity contribution in [1.29, 1.82) is 0 Å². The predicted molar refractivity (Wildman–Crippen MR) is 138 cm³/mol. The Morgan fingerprint density at radius 2 is 1.64 bits per heavy atom. The van der Waals surface area contributed by atoms with E-state index < -0.39 is 5.43 Å². The van der Waals surface area contributed by atoms with Crippen LogP contribution in [-0.2, 0) is 24.2 Å². The van der Waals surface area contributed by atoms with Crippen LogP contribution in [0.2, 0.25) is 0 Å². The molecule has 3 aliphatic rings. The highest BCUT2D eigenvalue weighted by Crippen LogP contribution is 2.21. The first-order valence-corrected chi connectivity index (χ1v) is 13.6. The van der Waals surface area contributed by atoms with E-state index in [2.05, 4.69) is 11.4 Å². The van der Waals surface area contributed by atoms with E-state index in [1.54, 1.807) is 17.3 Å². The standard InChI is InChI=1S/C29H37N3O4/c33-27-25(28(34)30-23-11-4-2-1-3-5-12-23)19-31(18-24-13-8-16-36-24)20-26(27)29(35)32-15-14-21-9-6-7-10-22(21)17-32/h6-7,9-10,19-20,23-24H,1-5,8,11-18H2,(H,30,34). The van der Waals surface area contributed by atoms with Gasteiger partial charge in [0.25, 0.3) is 11.8 Å². The van der Waals surface area contributed by atoms with Crippen LogP contribution in [0.15, 0.2) is 41.5 Å².